The highest BCUT2D eigenvalue weighted by atomic mass is 32.2. The Balaban J connectivity index is 2.27. The Hall–Kier alpha value is -1.92. The number of hydrogen-bond donors (Lipinski definition) is 2. The summed E-state index contributed by atoms with van der Waals surface area (Å²) in [5.41, 5.74) is 1.95. The average molecular weight is 363 g/mol. The maximum atomic E-state index is 13.9. The first-order valence-corrected chi connectivity index (χ1v) is 10.0. The molecule has 3 rings (SSSR count). The van der Waals surface area contributed by atoms with Gasteiger partial charge in [-0.1, -0.05) is 19.1 Å². The second kappa shape index (κ2) is 6.77. The van der Waals surface area contributed by atoms with Crippen molar-refractivity contribution in [2.75, 3.05) is 18.1 Å². The van der Waals surface area contributed by atoms with Crippen molar-refractivity contribution in [2.45, 2.75) is 30.3 Å². The number of rotatable bonds is 3. The van der Waals surface area contributed by atoms with Crippen LogP contribution in [0.3, 0.4) is 0 Å². The molecule has 4 nitrogen and oxygen atoms in total. The molecule has 134 valence electrons. The van der Waals surface area contributed by atoms with Crippen LogP contribution in [0.5, 0.6) is 0 Å². The van der Waals surface area contributed by atoms with E-state index in [4.69, 9.17) is 0 Å². The summed E-state index contributed by atoms with van der Waals surface area (Å²) in [6, 6.07) is 11.2. The highest BCUT2D eigenvalue weighted by Gasteiger charge is 2.39. The first-order chi connectivity index (χ1) is 11.9. The van der Waals surface area contributed by atoms with Crippen LogP contribution in [0.1, 0.15) is 30.4 Å². The van der Waals surface area contributed by atoms with Crippen LogP contribution in [0.2, 0.25) is 0 Å². The molecule has 2 N–H and O–H groups in total. The van der Waals surface area contributed by atoms with Gasteiger partial charge < -0.3 is 10.4 Å². The number of nitrogens with one attached hydrogen (secondary N) is 1. The topological polar surface area (TPSA) is 66.4 Å². The van der Waals surface area contributed by atoms with Gasteiger partial charge >= 0.3 is 0 Å². The lowest BCUT2D eigenvalue weighted by Crippen LogP contribution is -2.30. The molecule has 1 aliphatic heterocycles. The summed E-state index contributed by atoms with van der Waals surface area (Å²) in [6.45, 7) is 1.86. The van der Waals surface area contributed by atoms with Crippen molar-refractivity contribution in [3.05, 3.63) is 59.4 Å². The molecule has 0 fully saturated rings. The fourth-order valence-electron chi connectivity index (χ4n) is 3.60. The summed E-state index contributed by atoms with van der Waals surface area (Å²) in [5.74, 6) is -1.65. The highest BCUT2D eigenvalue weighted by Crippen LogP contribution is 2.41. The van der Waals surface area contributed by atoms with Gasteiger partial charge in [0.25, 0.3) is 0 Å². The Morgan fingerprint density at radius 1 is 1.24 bits per heavy atom. The molecular weight excluding hydrogens is 341 g/mol. The van der Waals surface area contributed by atoms with E-state index in [9.17, 15) is 17.9 Å². The summed E-state index contributed by atoms with van der Waals surface area (Å²) in [4.78, 5) is 0.115. The molecule has 0 saturated carbocycles. The third-order valence-corrected chi connectivity index (χ3v) is 6.87. The molecule has 0 radical (unpaired) electrons. The smallest absolute Gasteiger partial charge is 0.179 e. The van der Waals surface area contributed by atoms with E-state index in [1.807, 2.05) is 31.2 Å². The largest absolute Gasteiger partial charge is 0.392 e. The van der Waals surface area contributed by atoms with Gasteiger partial charge in [-0.2, -0.15) is 0 Å². The molecule has 3 atom stereocenters. The molecule has 0 aliphatic carbocycles. The average Bonchev–Trinajstić information content (AvgIpc) is 2.67. The van der Waals surface area contributed by atoms with Crippen molar-refractivity contribution in [3.8, 4) is 0 Å². The standard InChI is InChI=1S/C19H22FNO3S/c1-3-12-11-25(23,24)17-8-7-14(20)10-16(17)18(19(12)22)13-5-4-6-15(9-13)21-2/h4-10,12,18-19,21-22H,3,11H2,1-2H3. The molecule has 0 spiro atoms. The molecule has 2 aromatic carbocycles. The lowest BCUT2D eigenvalue weighted by molar-refractivity contribution is 0.100. The van der Waals surface area contributed by atoms with Crippen LogP contribution in [0.25, 0.3) is 0 Å². The number of aliphatic hydroxyl groups is 1. The van der Waals surface area contributed by atoms with Gasteiger partial charge in [-0.3, -0.25) is 0 Å². The summed E-state index contributed by atoms with van der Waals surface area (Å²) < 4.78 is 39.5. The van der Waals surface area contributed by atoms with Gasteiger partial charge in [0.2, 0.25) is 0 Å². The van der Waals surface area contributed by atoms with Gasteiger partial charge in [-0.25, -0.2) is 12.8 Å². The van der Waals surface area contributed by atoms with E-state index >= 15 is 0 Å². The minimum absolute atomic E-state index is 0.115. The van der Waals surface area contributed by atoms with Crippen molar-refractivity contribution < 1.29 is 17.9 Å². The van der Waals surface area contributed by atoms with Crippen LogP contribution in [-0.2, 0) is 9.84 Å². The van der Waals surface area contributed by atoms with E-state index in [1.54, 1.807) is 7.05 Å². The third kappa shape index (κ3) is 3.28. The van der Waals surface area contributed by atoms with Gasteiger partial charge in [-0.15, -0.1) is 0 Å². The number of anilines is 1. The first-order valence-electron chi connectivity index (χ1n) is 8.35. The summed E-state index contributed by atoms with van der Waals surface area (Å²) in [5, 5.41) is 14.0. The van der Waals surface area contributed by atoms with Crippen molar-refractivity contribution in [1.29, 1.82) is 0 Å². The van der Waals surface area contributed by atoms with Crippen LogP contribution in [0.15, 0.2) is 47.4 Å². The Morgan fingerprint density at radius 3 is 2.68 bits per heavy atom. The molecule has 25 heavy (non-hydrogen) atoms. The van der Waals surface area contributed by atoms with Crippen molar-refractivity contribution >= 4 is 15.5 Å². The molecular formula is C19H22FNO3S. The zero-order valence-electron chi connectivity index (χ0n) is 14.2. The minimum atomic E-state index is -3.59. The maximum absolute atomic E-state index is 13.9. The highest BCUT2D eigenvalue weighted by molar-refractivity contribution is 7.91. The predicted molar refractivity (Wildman–Crippen MR) is 96.1 cm³/mol. The molecule has 0 aromatic heterocycles. The van der Waals surface area contributed by atoms with Gasteiger partial charge in [-0.05, 0) is 53.8 Å². The molecule has 0 amide bonds. The third-order valence-electron chi connectivity index (χ3n) is 4.96. The van der Waals surface area contributed by atoms with Crippen molar-refractivity contribution in [3.63, 3.8) is 0 Å². The Labute approximate surface area is 147 Å². The second-order valence-corrected chi connectivity index (χ2v) is 8.48. The summed E-state index contributed by atoms with van der Waals surface area (Å²) in [6.07, 6.45) is -0.381. The summed E-state index contributed by atoms with van der Waals surface area (Å²) >= 11 is 0. The van der Waals surface area contributed by atoms with Crippen LogP contribution >= 0.6 is 0 Å². The van der Waals surface area contributed by atoms with E-state index in [0.717, 1.165) is 17.3 Å². The fourth-order valence-corrected chi connectivity index (χ4v) is 5.59. The predicted octanol–water partition coefficient (Wildman–Crippen LogP) is 3.17. The number of hydrogen-bond acceptors (Lipinski definition) is 4. The number of benzene rings is 2. The molecule has 0 bridgehead atoms. The molecule has 3 unspecified atom stereocenters. The number of fused-ring (bicyclic) bond motifs is 1. The van der Waals surface area contributed by atoms with Crippen LogP contribution < -0.4 is 5.32 Å². The quantitative estimate of drug-likeness (QED) is 0.822. The lowest BCUT2D eigenvalue weighted by Gasteiger charge is -2.27. The number of halogens is 1. The van der Waals surface area contributed by atoms with E-state index in [1.165, 1.54) is 12.1 Å². The SMILES string of the molecule is CCC1CS(=O)(=O)c2ccc(F)cc2C(c2cccc(NC)c2)C1O. The van der Waals surface area contributed by atoms with Gasteiger partial charge in [0.05, 0.1) is 16.8 Å². The monoisotopic (exact) mass is 363 g/mol. The van der Waals surface area contributed by atoms with E-state index in [2.05, 4.69) is 5.32 Å². The Morgan fingerprint density at radius 2 is 2.00 bits per heavy atom. The minimum Gasteiger partial charge on any atom is -0.392 e. The van der Waals surface area contributed by atoms with Crippen LogP contribution in [0, 0.1) is 11.7 Å². The Bertz CT molecular complexity index is 882. The van der Waals surface area contributed by atoms with E-state index < -0.39 is 33.6 Å². The molecule has 1 heterocycles. The lowest BCUT2D eigenvalue weighted by atomic mass is 9.80. The maximum Gasteiger partial charge on any atom is 0.179 e. The zero-order chi connectivity index (χ0) is 18.2. The molecule has 0 saturated heterocycles. The van der Waals surface area contributed by atoms with Crippen molar-refractivity contribution in [2.24, 2.45) is 5.92 Å². The van der Waals surface area contributed by atoms with Crippen LogP contribution in [0.4, 0.5) is 10.1 Å². The van der Waals surface area contributed by atoms with Gasteiger partial charge in [0, 0.05) is 18.7 Å². The number of aliphatic hydroxyl groups excluding tert-OH is 1. The van der Waals surface area contributed by atoms with Crippen molar-refractivity contribution in [1.82, 2.24) is 0 Å². The van der Waals surface area contributed by atoms with E-state index in [0.29, 0.717) is 12.0 Å². The fraction of sp³-hybridized carbons (Fsp3) is 0.368. The number of sulfone groups is 1. The van der Waals surface area contributed by atoms with E-state index in [-0.39, 0.29) is 10.6 Å². The second-order valence-electron chi connectivity index (χ2n) is 6.48. The van der Waals surface area contributed by atoms with Gasteiger partial charge in [0.1, 0.15) is 5.82 Å². The summed E-state index contributed by atoms with van der Waals surface area (Å²) in [7, 11) is -1.80. The van der Waals surface area contributed by atoms with Gasteiger partial charge in [0.15, 0.2) is 9.84 Å². The van der Waals surface area contributed by atoms with Crippen LogP contribution in [-0.4, -0.2) is 32.4 Å². The molecule has 6 heteroatoms. The molecule has 2 aromatic rings. The normalized spacial score (nSPS) is 25.0. The molecule has 1 aliphatic rings. The Kier molecular flexibility index (Phi) is 4.84. The first kappa shape index (κ1) is 17.9. The zero-order valence-corrected chi connectivity index (χ0v) is 15.1.